The fourth-order valence-electron chi connectivity index (χ4n) is 4.04. The van der Waals surface area contributed by atoms with Crippen molar-refractivity contribution in [3.05, 3.63) is 0 Å². The molecular formula is C14H24N2O. The summed E-state index contributed by atoms with van der Waals surface area (Å²) in [5, 5.41) is 3.17. The van der Waals surface area contributed by atoms with Crippen LogP contribution in [-0.4, -0.2) is 18.5 Å². The van der Waals surface area contributed by atoms with Gasteiger partial charge in [0.15, 0.2) is 0 Å². The van der Waals surface area contributed by atoms with E-state index in [4.69, 9.17) is 5.73 Å². The minimum atomic E-state index is 0.336. The predicted octanol–water partition coefficient (Wildman–Crippen LogP) is 1.67. The van der Waals surface area contributed by atoms with Gasteiger partial charge in [-0.05, 0) is 49.9 Å². The summed E-state index contributed by atoms with van der Waals surface area (Å²) in [5.74, 6) is 2.80. The van der Waals surface area contributed by atoms with E-state index in [-0.39, 0.29) is 0 Å². The summed E-state index contributed by atoms with van der Waals surface area (Å²) in [6.07, 6.45) is 8.67. The van der Waals surface area contributed by atoms with Crippen LogP contribution < -0.4 is 11.1 Å². The monoisotopic (exact) mass is 236 g/mol. The number of fused-ring (bicyclic) bond motifs is 1. The van der Waals surface area contributed by atoms with Crippen LogP contribution in [-0.2, 0) is 4.79 Å². The minimum absolute atomic E-state index is 0.336. The Hall–Kier alpha value is -0.570. The van der Waals surface area contributed by atoms with Crippen molar-refractivity contribution in [3.63, 3.8) is 0 Å². The standard InChI is InChI=1S/C14H24N2O/c15-10-6-5-9(7-10)8-16-14(17)13-11-3-1-2-4-12(11)13/h9-13H,1-8,15H2,(H,16,17). The first kappa shape index (κ1) is 11.5. The van der Waals surface area contributed by atoms with Gasteiger partial charge >= 0.3 is 0 Å². The lowest BCUT2D eigenvalue weighted by Gasteiger charge is -2.11. The molecule has 3 N–H and O–H groups in total. The van der Waals surface area contributed by atoms with Gasteiger partial charge in [0.25, 0.3) is 0 Å². The van der Waals surface area contributed by atoms with Gasteiger partial charge in [-0.2, -0.15) is 0 Å². The number of amides is 1. The highest BCUT2D eigenvalue weighted by molar-refractivity contribution is 5.82. The Kier molecular flexibility index (Phi) is 3.12. The molecule has 3 fully saturated rings. The van der Waals surface area contributed by atoms with Gasteiger partial charge in [0, 0.05) is 18.5 Å². The molecule has 96 valence electrons. The zero-order valence-electron chi connectivity index (χ0n) is 10.5. The Morgan fingerprint density at radius 2 is 1.82 bits per heavy atom. The van der Waals surface area contributed by atoms with E-state index in [1.165, 1.54) is 32.1 Å². The molecular weight excluding hydrogens is 212 g/mol. The van der Waals surface area contributed by atoms with E-state index < -0.39 is 0 Å². The number of nitrogens with one attached hydrogen (secondary N) is 1. The number of carbonyl (C=O) groups excluding carboxylic acids is 1. The molecule has 3 aliphatic carbocycles. The van der Waals surface area contributed by atoms with Crippen molar-refractivity contribution >= 4 is 5.91 Å². The summed E-state index contributed by atoms with van der Waals surface area (Å²) in [6, 6.07) is 0.375. The SMILES string of the molecule is NC1CCC(CNC(=O)C2C3CCCCC32)C1. The highest BCUT2D eigenvalue weighted by Crippen LogP contribution is 2.55. The summed E-state index contributed by atoms with van der Waals surface area (Å²) in [4.78, 5) is 12.1. The Labute approximate surface area is 104 Å². The second-order valence-corrected chi connectivity index (χ2v) is 6.32. The van der Waals surface area contributed by atoms with Gasteiger partial charge in [0.05, 0.1) is 0 Å². The van der Waals surface area contributed by atoms with Crippen molar-refractivity contribution in [1.29, 1.82) is 0 Å². The van der Waals surface area contributed by atoms with Crippen LogP contribution in [0.1, 0.15) is 44.9 Å². The highest BCUT2D eigenvalue weighted by Gasteiger charge is 2.54. The van der Waals surface area contributed by atoms with Crippen LogP contribution in [0.4, 0.5) is 0 Å². The Morgan fingerprint density at radius 3 is 2.41 bits per heavy atom. The third-order valence-corrected chi connectivity index (χ3v) is 5.11. The quantitative estimate of drug-likeness (QED) is 0.783. The molecule has 3 aliphatic rings. The molecule has 3 nitrogen and oxygen atoms in total. The van der Waals surface area contributed by atoms with E-state index in [0.29, 0.717) is 23.8 Å². The summed E-state index contributed by atoms with van der Waals surface area (Å²) in [6.45, 7) is 0.864. The van der Waals surface area contributed by atoms with Gasteiger partial charge in [-0.15, -0.1) is 0 Å². The maximum absolute atomic E-state index is 12.1. The maximum atomic E-state index is 12.1. The molecule has 3 rings (SSSR count). The fourth-order valence-corrected chi connectivity index (χ4v) is 4.04. The molecule has 1 amide bonds. The van der Waals surface area contributed by atoms with Gasteiger partial charge in [-0.3, -0.25) is 4.79 Å². The third kappa shape index (κ3) is 2.35. The lowest BCUT2D eigenvalue weighted by atomic mass is 10.0. The predicted molar refractivity (Wildman–Crippen MR) is 67.3 cm³/mol. The van der Waals surface area contributed by atoms with Gasteiger partial charge < -0.3 is 11.1 Å². The van der Waals surface area contributed by atoms with Crippen LogP contribution in [0.3, 0.4) is 0 Å². The number of hydrogen-bond donors (Lipinski definition) is 2. The molecule has 17 heavy (non-hydrogen) atoms. The maximum Gasteiger partial charge on any atom is 0.223 e. The van der Waals surface area contributed by atoms with E-state index in [2.05, 4.69) is 5.32 Å². The normalized spacial score (nSPS) is 44.2. The first-order valence-corrected chi connectivity index (χ1v) is 7.29. The van der Waals surface area contributed by atoms with E-state index in [1.807, 2.05) is 0 Å². The molecule has 0 spiro atoms. The molecule has 4 atom stereocenters. The number of nitrogens with two attached hydrogens (primary N) is 1. The van der Waals surface area contributed by atoms with Crippen LogP contribution in [0.5, 0.6) is 0 Å². The second-order valence-electron chi connectivity index (χ2n) is 6.32. The number of carbonyl (C=O) groups is 1. The zero-order chi connectivity index (χ0) is 11.8. The fraction of sp³-hybridized carbons (Fsp3) is 0.929. The van der Waals surface area contributed by atoms with Crippen molar-refractivity contribution in [3.8, 4) is 0 Å². The van der Waals surface area contributed by atoms with Crippen LogP contribution in [0, 0.1) is 23.7 Å². The molecule has 0 saturated heterocycles. The first-order valence-electron chi connectivity index (χ1n) is 7.29. The molecule has 3 saturated carbocycles. The topological polar surface area (TPSA) is 55.1 Å². The number of rotatable bonds is 3. The smallest absolute Gasteiger partial charge is 0.223 e. The Morgan fingerprint density at radius 1 is 1.12 bits per heavy atom. The molecule has 3 heteroatoms. The number of hydrogen-bond acceptors (Lipinski definition) is 2. The summed E-state index contributed by atoms with van der Waals surface area (Å²) < 4.78 is 0. The molecule has 0 aromatic heterocycles. The molecule has 0 bridgehead atoms. The largest absolute Gasteiger partial charge is 0.356 e. The van der Waals surface area contributed by atoms with Gasteiger partial charge in [-0.25, -0.2) is 0 Å². The van der Waals surface area contributed by atoms with Crippen molar-refractivity contribution in [2.45, 2.75) is 51.0 Å². The van der Waals surface area contributed by atoms with Crippen LogP contribution in [0.25, 0.3) is 0 Å². The van der Waals surface area contributed by atoms with E-state index in [9.17, 15) is 4.79 Å². The molecule has 0 aromatic rings. The molecule has 0 aliphatic heterocycles. The summed E-state index contributed by atoms with van der Waals surface area (Å²) in [5.41, 5.74) is 5.89. The Balaban J connectivity index is 1.42. The van der Waals surface area contributed by atoms with Gasteiger partial charge in [0.2, 0.25) is 5.91 Å². The molecule has 0 radical (unpaired) electrons. The molecule has 0 heterocycles. The van der Waals surface area contributed by atoms with E-state index in [0.717, 1.165) is 31.2 Å². The average molecular weight is 236 g/mol. The minimum Gasteiger partial charge on any atom is -0.356 e. The molecule has 0 aromatic carbocycles. The zero-order valence-corrected chi connectivity index (χ0v) is 10.5. The summed E-state index contributed by atoms with van der Waals surface area (Å²) in [7, 11) is 0. The van der Waals surface area contributed by atoms with Crippen LogP contribution >= 0.6 is 0 Å². The van der Waals surface area contributed by atoms with Crippen molar-refractivity contribution in [2.75, 3.05) is 6.54 Å². The Bertz CT molecular complexity index is 293. The van der Waals surface area contributed by atoms with Crippen molar-refractivity contribution in [1.82, 2.24) is 5.32 Å². The van der Waals surface area contributed by atoms with Gasteiger partial charge in [0.1, 0.15) is 0 Å². The second kappa shape index (κ2) is 4.60. The van der Waals surface area contributed by atoms with Crippen LogP contribution in [0.15, 0.2) is 0 Å². The van der Waals surface area contributed by atoms with Crippen molar-refractivity contribution in [2.24, 2.45) is 29.4 Å². The van der Waals surface area contributed by atoms with E-state index >= 15 is 0 Å². The van der Waals surface area contributed by atoms with E-state index in [1.54, 1.807) is 0 Å². The summed E-state index contributed by atoms with van der Waals surface area (Å²) >= 11 is 0. The van der Waals surface area contributed by atoms with Gasteiger partial charge in [-0.1, -0.05) is 12.8 Å². The lowest BCUT2D eigenvalue weighted by molar-refractivity contribution is -0.123. The lowest BCUT2D eigenvalue weighted by Crippen LogP contribution is -2.31. The molecule has 4 unspecified atom stereocenters. The van der Waals surface area contributed by atoms with Crippen LogP contribution in [0.2, 0.25) is 0 Å². The first-order chi connectivity index (χ1) is 8.25. The third-order valence-electron chi connectivity index (χ3n) is 5.11. The average Bonchev–Trinajstić information content (AvgIpc) is 2.93. The highest BCUT2D eigenvalue weighted by atomic mass is 16.2. The van der Waals surface area contributed by atoms with Crippen molar-refractivity contribution < 1.29 is 4.79 Å².